The summed E-state index contributed by atoms with van der Waals surface area (Å²) in [6.45, 7) is 0. The Balaban J connectivity index is 2.23. The Labute approximate surface area is 116 Å². The molecular formula is C12H10Br2N2O. The molecule has 0 saturated heterocycles. The Morgan fingerprint density at radius 1 is 1.41 bits per heavy atom. The molecule has 0 aliphatic heterocycles. The smallest absolute Gasteiger partial charge is 0.171 e. The van der Waals surface area contributed by atoms with Gasteiger partial charge in [-0.25, -0.2) is 4.98 Å². The molecular weight excluding hydrogens is 348 g/mol. The van der Waals surface area contributed by atoms with Gasteiger partial charge in [-0.15, -0.1) is 0 Å². The predicted molar refractivity (Wildman–Crippen MR) is 73.1 cm³/mol. The lowest BCUT2D eigenvalue weighted by Gasteiger charge is -2.04. The van der Waals surface area contributed by atoms with Gasteiger partial charge in [0.25, 0.3) is 0 Å². The predicted octanol–water partition coefficient (Wildman–Crippen LogP) is 3.37. The fourth-order valence-corrected chi connectivity index (χ4v) is 2.79. The minimum absolute atomic E-state index is 0.0543. The number of Topliss-reactive ketones (excluding diaryl/α,β-unsaturated/α-hetero) is 1. The van der Waals surface area contributed by atoms with Crippen LogP contribution in [0.1, 0.15) is 16.2 Å². The summed E-state index contributed by atoms with van der Waals surface area (Å²) < 4.78 is 3.59. The Morgan fingerprint density at radius 3 is 2.76 bits per heavy atom. The molecule has 3 nitrogen and oxygen atoms in total. The van der Waals surface area contributed by atoms with Crippen molar-refractivity contribution in [2.24, 2.45) is 7.05 Å². The van der Waals surface area contributed by atoms with Crippen molar-refractivity contribution in [1.82, 2.24) is 9.55 Å². The van der Waals surface area contributed by atoms with Crippen LogP contribution >= 0.6 is 31.9 Å². The van der Waals surface area contributed by atoms with Crippen molar-refractivity contribution in [2.75, 3.05) is 0 Å². The van der Waals surface area contributed by atoms with Gasteiger partial charge in [-0.1, -0.05) is 31.9 Å². The number of carbonyl (C=O) groups is 1. The molecule has 0 atom stereocenters. The quantitative estimate of drug-likeness (QED) is 0.789. The monoisotopic (exact) mass is 356 g/mol. The summed E-state index contributed by atoms with van der Waals surface area (Å²) >= 11 is 6.75. The minimum Gasteiger partial charge on any atom is -0.338 e. The largest absolute Gasteiger partial charge is 0.338 e. The standard InChI is InChI=1S/C12H10Br2N2O/c1-16-5-4-15-12(16)7-11(17)9-3-2-8(13)6-10(9)14/h2-6H,7H2,1H3. The molecule has 0 bridgehead atoms. The van der Waals surface area contributed by atoms with Gasteiger partial charge < -0.3 is 4.57 Å². The van der Waals surface area contributed by atoms with E-state index in [9.17, 15) is 4.79 Å². The van der Waals surface area contributed by atoms with Crippen LogP contribution in [-0.4, -0.2) is 15.3 Å². The first-order valence-electron chi connectivity index (χ1n) is 5.02. The van der Waals surface area contributed by atoms with E-state index < -0.39 is 0 Å². The van der Waals surface area contributed by atoms with Gasteiger partial charge in [0.15, 0.2) is 5.78 Å². The average Bonchev–Trinajstić information content (AvgIpc) is 2.64. The molecule has 88 valence electrons. The van der Waals surface area contributed by atoms with Gasteiger partial charge in [-0.3, -0.25) is 4.79 Å². The molecule has 1 aromatic heterocycles. The molecule has 17 heavy (non-hydrogen) atoms. The number of rotatable bonds is 3. The summed E-state index contributed by atoms with van der Waals surface area (Å²) in [5.41, 5.74) is 0.677. The fraction of sp³-hybridized carbons (Fsp3) is 0.167. The number of ketones is 1. The van der Waals surface area contributed by atoms with Crippen molar-refractivity contribution in [3.05, 3.63) is 50.9 Å². The molecule has 2 rings (SSSR count). The topological polar surface area (TPSA) is 34.9 Å². The molecule has 0 radical (unpaired) electrons. The third-order valence-electron chi connectivity index (χ3n) is 2.47. The van der Waals surface area contributed by atoms with E-state index in [2.05, 4.69) is 36.8 Å². The van der Waals surface area contributed by atoms with Crippen LogP contribution in [0.4, 0.5) is 0 Å². The second-order valence-electron chi connectivity index (χ2n) is 3.68. The van der Waals surface area contributed by atoms with Gasteiger partial charge >= 0.3 is 0 Å². The van der Waals surface area contributed by atoms with Crippen molar-refractivity contribution in [1.29, 1.82) is 0 Å². The van der Waals surface area contributed by atoms with E-state index in [0.29, 0.717) is 12.0 Å². The first-order chi connectivity index (χ1) is 8.08. The minimum atomic E-state index is 0.0543. The maximum absolute atomic E-state index is 12.1. The normalized spacial score (nSPS) is 10.5. The van der Waals surface area contributed by atoms with E-state index in [1.165, 1.54) is 0 Å². The molecule has 5 heteroatoms. The lowest BCUT2D eigenvalue weighted by Crippen LogP contribution is -2.08. The van der Waals surface area contributed by atoms with Gasteiger partial charge in [-0.05, 0) is 18.2 Å². The number of hydrogen-bond donors (Lipinski definition) is 0. The Morgan fingerprint density at radius 2 is 2.18 bits per heavy atom. The highest BCUT2D eigenvalue weighted by molar-refractivity contribution is 9.11. The lowest BCUT2D eigenvalue weighted by atomic mass is 10.1. The molecule has 2 aromatic rings. The summed E-state index contributed by atoms with van der Waals surface area (Å²) in [6.07, 6.45) is 3.84. The number of aromatic nitrogens is 2. The Hall–Kier alpha value is -0.940. The highest BCUT2D eigenvalue weighted by Gasteiger charge is 2.13. The van der Waals surface area contributed by atoms with Gasteiger partial charge in [0, 0.05) is 34.0 Å². The van der Waals surface area contributed by atoms with E-state index >= 15 is 0 Å². The van der Waals surface area contributed by atoms with Gasteiger partial charge in [0.2, 0.25) is 0 Å². The van der Waals surface area contributed by atoms with E-state index in [1.54, 1.807) is 12.3 Å². The lowest BCUT2D eigenvalue weighted by molar-refractivity contribution is 0.0989. The van der Waals surface area contributed by atoms with Crippen LogP contribution in [0, 0.1) is 0 Å². The molecule has 1 heterocycles. The van der Waals surface area contributed by atoms with Gasteiger partial charge in [-0.2, -0.15) is 0 Å². The highest BCUT2D eigenvalue weighted by Crippen LogP contribution is 2.23. The van der Waals surface area contributed by atoms with E-state index in [1.807, 2.05) is 29.9 Å². The SMILES string of the molecule is Cn1ccnc1CC(=O)c1ccc(Br)cc1Br. The van der Waals surface area contributed by atoms with Crippen LogP contribution in [-0.2, 0) is 13.5 Å². The van der Waals surface area contributed by atoms with Gasteiger partial charge in [0.05, 0.1) is 6.42 Å². The summed E-state index contributed by atoms with van der Waals surface area (Å²) in [4.78, 5) is 16.2. The summed E-state index contributed by atoms with van der Waals surface area (Å²) in [7, 11) is 1.88. The number of imidazole rings is 1. The number of halogens is 2. The highest BCUT2D eigenvalue weighted by atomic mass is 79.9. The van der Waals surface area contributed by atoms with Crippen LogP contribution in [0.2, 0.25) is 0 Å². The number of nitrogens with zero attached hydrogens (tertiary/aromatic N) is 2. The molecule has 0 N–H and O–H groups in total. The Bertz CT molecular complexity index is 563. The number of carbonyl (C=O) groups excluding carboxylic acids is 1. The average molecular weight is 358 g/mol. The molecule has 0 unspecified atom stereocenters. The van der Waals surface area contributed by atoms with Crippen molar-refractivity contribution in [3.8, 4) is 0 Å². The third kappa shape index (κ3) is 2.84. The molecule has 0 amide bonds. The van der Waals surface area contributed by atoms with Gasteiger partial charge in [0.1, 0.15) is 5.82 Å². The molecule has 0 spiro atoms. The van der Waals surface area contributed by atoms with Crippen LogP contribution < -0.4 is 0 Å². The van der Waals surface area contributed by atoms with Crippen LogP contribution in [0.25, 0.3) is 0 Å². The number of hydrogen-bond acceptors (Lipinski definition) is 2. The third-order valence-corrected chi connectivity index (χ3v) is 3.62. The fourth-order valence-electron chi connectivity index (χ4n) is 1.52. The van der Waals surface area contributed by atoms with E-state index in [4.69, 9.17) is 0 Å². The van der Waals surface area contributed by atoms with Crippen molar-refractivity contribution in [2.45, 2.75) is 6.42 Å². The van der Waals surface area contributed by atoms with E-state index in [-0.39, 0.29) is 5.78 Å². The molecule has 0 fully saturated rings. The number of aryl methyl sites for hydroxylation is 1. The first-order valence-corrected chi connectivity index (χ1v) is 6.61. The van der Waals surface area contributed by atoms with Crippen LogP contribution in [0.15, 0.2) is 39.5 Å². The summed E-state index contributed by atoms with van der Waals surface area (Å²) in [5.74, 6) is 0.823. The van der Waals surface area contributed by atoms with E-state index in [0.717, 1.165) is 14.8 Å². The van der Waals surface area contributed by atoms with Crippen LogP contribution in [0.5, 0.6) is 0 Å². The zero-order chi connectivity index (χ0) is 12.4. The number of benzene rings is 1. The van der Waals surface area contributed by atoms with Crippen molar-refractivity contribution in [3.63, 3.8) is 0 Å². The second kappa shape index (κ2) is 5.14. The van der Waals surface area contributed by atoms with Crippen molar-refractivity contribution >= 4 is 37.6 Å². The zero-order valence-electron chi connectivity index (χ0n) is 9.15. The molecule has 0 saturated carbocycles. The van der Waals surface area contributed by atoms with Crippen molar-refractivity contribution < 1.29 is 4.79 Å². The summed E-state index contributed by atoms with van der Waals surface area (Å²) in [5, 5.41) is 0. The molecule has 0 aliphatic rings. The molecule has 1 aromatic carbocycles. The maximum atomic E-state index is 12.1. The van der Waals surface area contributed by atoms with Crippen LogP contribution in [0.3, 0.4) is 0 Å². The second-order valence-corrected chi connectivity index (χ2v) is 5.45. The molecule has 0 aliphatic carbocycles. The maximum Gasteiger partial charge on any atom is 0.171 e. The zero-order valence-corrected chi connectivity index (χ0v) is 12.3. The Kier molecular flexibility index (Phi) is 3.79. The first kappa shape index (κ1) is 12.5. The summed E-state index contributed by atoms with van der Waals surface area (Å²) in [6, 6.07) is 5.53.